The van der Waals surface area contributed by atoms with Gasteiger partial charge in [0.05, 0.1) is 0 Å². The van der Waals surface area contributed by atoms with E-state index in [1.54, 1.807) is 12.1 Å². The molecule has 0 bridgehead atoms. The van der Waals surface area contributed by atoms with Gasteiger partial charge in [-0.2, -0.15) is 0 Å². The summed E-state index contributed by atoms with van der Waals surface area (Å²) < 4.78 is 13.1. The zero-order valence-electron chi connectivity index (χ0n) is 13.5. The number of hydrogen-bond donors (Lipinski definition) is 2. The molecule has 3 aromatic carbocycles. The molecule has 1 amide bonds. The molecule has 3 aromatic rings. The van der Waals surface area contributed by atoms with E-state index in [1.165, 1.54) is 28.5 Å². The maximum absolute atomic E-state index is 13.1. The van der Waals surface area contributed by atoms with E-state index in [0.717, 1.165) is 0 Å². The number of carbonyl (C=O) groups excluding carboxylic acids is 1. The molecule has 0 aliphatic rings. The Kier molecular flexibility index (Phi) is 4.87. The highest BCUT2D eigenvalue weighted by molar-refractivity contribution is 5.91. The summed E-state index contributed by atoms with van der Waals surface area (Å²) in [4.78, 5) is 12.1. The summed E-state index contributed by atoms with van der Waals surface area (Å²) in [6.07, 6.45) is 0. The summed E-state index contributed by atoms with van der Waals surface area (Å²) in [5, 5.41) is 7.10. The van der Waals surface area contributed by atoms with Gasteiger partial charge in [-0.15, -0.1) is 0 Å². The van der Waals surface area contributed by atoms with Gasteiger partial charge >= 0.3 is 0 Å². The fraction of sp³-hybridized carbons (Fsp3) is 0.150. The maximum Gasteiger partial charge on any atom is 0.279 e. The number of fused-ring (bicyclic) bond motifs is 1. The first-order valence-electron chi connectivity index (χ1n) is 8.00. The first kappa shape index (κ1) is 16.1. The number of anilines is 1. The van der Waals surface area contributed by atoms with E-state index in [-0.39, 0.29) is 24.3 Å². The van der Waals surface area contributed by atoms with Crippen molar-refractivity contribution in [3.05, 3.63) is 78.1 Å². The van der Waals surface area contributed by atoms with Gasteiger partial charge in [0.2, 0.25) is 0 Å². The molecule has 1 atom stereocenters. The van der Waals surface area contributed by atoms with E-state index < -0.39 is 0 Å². The predicted octanol–water partition coefficient (Wildman–Crippen LogP) is 3.24. The molecule has 24 heavy (non-hydrogen) atoms. The molecule has 0 saturated heterocycles. The van der Waals surface area contributed by atoms with Crippen molar-refractivity contribution in [2.24, 2.45) is 0 Å². The highest BCUT2D eigenvalue weighted by atomic mass is 19.1. The molecule has 4 heteroatoms. The number of benzene rings is 3. The Morgan fingerprint density at radius 2 is 1.83 bits per heavy atom. The average molecular weight is 323 g/mol. The second-order valence-corrected chi connectivity index (χ2v) is 5.86. The fourth-order valence-electron chi connectivity index (χ4n) is 2.84. The van der Waals surface area contributed by atoms with Crippen LogP contribution in [0.3, 0.4) is 0 Å². The van der Waals surface area contributed by atoms with E-state index >= 15 is 0 Å². The van der Waals surface area contributed by atoms with Crippen LogP contribution in [0.2, 0.25) is 0 Å². The summed E-state index contributed by atoms with van der Waals surface area (Å²) in [6.45, 7) is 2.36. The van der Waals surface area contributed by atoms with Crippen molar-refractivity contribution in [3.63, 3.8) is 0 Å². The van der Waals surface area contributed by atoms with Crippen molar-refractivity contribution >= 4 is 22.4 Å². The van der Waals surface area contributed by atoms with E-state index in [0.29, 0.717) is 5.69 Å². The van der Waals surface area contributed by atoms with Crippen LogP contribution >= 0.6 is 0 Å². The van der Waals surface area contributed by atoms with Crippen molar-refractivity contribution in [1.29, 1.82) is 0 Å². The summed E-state index contributed by atoms with van der Waals surface area (Å²) in [5.41, 5.74) is 1.68. The lowest BCUT2D eigenvalue weighted by Crippen LogP contribution is -2.86. The second-order valence-electron chi connectivity index (χ2n) is 5.86. The van der Waals surface area contributed by atoms with Crippen LogP contribution in [0.15, 0.2) is 66.7 Å². The largest absolute Gasteiger partial charge is 0.332 e. The minimum atomic E-state index is -0.360. The Bertz CT molecular complexity index is 858. The lowest BCUT2D eigenvalue weighted by molar-refractivity contribution is -0.682. The second kappa shape index (κ2) is 7.23. The molecule has 3 N–H and O–H groups in total. The molecule has 0 heterocycles. The maximum atomic E-state index is 13.1. The number of amides is 1. The summed E-state index contributed by atoms with van der Waals surface area (Å²) in [7, 11) is 0. The molecule has 3 nitrogen and oxygen atoms in total. The third kappa shape index (κ3) is 3.78. The van der Waals surface area contributed by atoms with Gasteiger partial charge in [0.25, 0.3) is 5.91 Å². The number of hydrogen-bond acceptors (Lipinski definition) is 1. The Morgan fingerprint density at radius 1 is 1.08 bits per heavy atom. The number of rotatable bonds is 5. The summed E-state index contributed by atoms with van der Waals surface area (Å²) in [6, 6.07) is 20.5. The molecular formula is C20H20FN2O+. The molecule has 0 spiro atoms. The van der Waals surface area contributed by atoms with Crippen LogP contribution in [0.4, 0.5) is 10.1 Å². The van der Waals surface area contributed by atoms with E-state index in [1.807, 2.05) is 23.5 Å². The van der Waals surface area contributed by atoms with E-state index in [4.69, 9.17) is 0 Å². The van der Waals surface area contributed by atoms with Crippen LogP contribution in [0.25, 0.3) is 10.8 Å². The zero-order chi connectivity index (χ0) is 16.9. The molecule has 3 rings (SSSR count). The van der Waals surface area contributed by atoms with Crippen molar-refractivity contribution in [2.75, 3.05) is 11.9 Å². The van der Waals surface area contributed by atoms with Gasteiger partial charge < -0.3 is 10.6 Å². The fourth-order valence-corrected chi connectivity index (χ4v) is 2.84. The normalized spacial score (nSPS) is 12.1. The molecule has 0 saturated carbocycles. The number of quaternary nitrogens is 1. The minimum absolute atomic E-state index is 0.146. The van der Waals surface area contributed by atoms with Crippen LogP contribution in [0.5, 0.6) is 0 Å². The van der Waals surface area contributed by atoms with Gasteiger partial charge in [0, 0.05) is 11.3 Å². The molecule has 0 aliphatic heterocycles. The van der Waals surface area contributed by atoms with Gasteiger partial charge in [0.1, 0.15) is 11.9 Å². The summed E-state index contributed by atoms with van der Waals surface area (Å²) in [5.74, 6) is -0.506. The first-order chi connectivity index (χ1) is 11.6. The van der Waals surface area contributed by atoms with Crippen LogP contribution in [0.1, 0.15) is 18.5 Å². The Balaban J connectivity index is 1.64. The quantitative estimate of drug-likeness (QED) is 0.744. The van der Waals surface area contributed by atoms with Crippen LogP contribution in [-0.4, -0.2) is 12.5 Å². The first-order valence-corrected chi connectivity index (χ1v) is 8.00. The lowest BCUT2D eigenvalue weighted by Gasteiger charge is -2.13. The third-order valence-electron chi connectivity index (χ3n) is 4.08. The van der Waals surface area contributed by atoms with Gasteiger partial charge in [-0.1, -0.05) is 48.5 Å². The Hall–Kier alpha value is -2.72. The van der Waals surface area contributed by atoms with E-state index in [2.05, 4.69) is 36.5 Å². The Labute approximate surface area is 140 Å². The van der Waals surface area contributed by atoms with Crippen LogP contribution in [-0.2, 0) is 4.79 Å². The van der Waals surface area contributed by atoms with E-state index in [9.17, 15) is 9.18 Å². The third-order valence-corrected chi connectivity index (χ3v) is 4.08. The van der Waals surface area contributed by atoms with Crippen molar-refractivity contribution in [2.45, 2.75) is 13.0 Å². The van der Waals surface area contributed by atoms with Gasteiger partial charge in [-0.3, -0.25) is 4.79 Å². The zero-order valence-corrected chi connectivity index (χ0v) is 13.5. The Morgan fingerprint density at radius 3 is 2.67 bits per heavy atom. The number of nitrogens with two attached hydrogens (primary N) is 1. The van der Waals surface area contributed by atoms with Crippen molar-refractivity contribution in [3.8, 4) is 0 Å². The van der Waals surface area contributed by atoms with Crippen molar-refractivity contribution < 1.29 is 14.5 Å². The highest BCUT2D eigenvalue weighted by Crippen LogP contribution is 2.22. The molecule has 0 aliphatic carbocycles. The molecule has 0 aromatic heterocycles. The molecule has 122 valence electrons. The summed E-state index contributed by atoms with van der Waals surface area (Å²) >= 11 is 0. The standard InChI is InChI=1S/C20H19FN2O/c1-14(18-11-4-7-15-6-2-3-10-19(15)18)22-13-20(24)23-17-9-5-8-16(21)12-17/h2-12,14,22H,13H2,1H3,(H,23,24)/p+1/t14-/m1/s1. The minimum Gasteiger partial charge on any atom is -0.332 e. The number of nitrogens with one attached hydrogen (secondary N) is 1. The lowest BCUT2D eigenvalue weighted by atomic mass is 10.00. The van der Waals surface area contributed by atoms with Gasteiger partial charge in [-0.05, 0) is 35.9 Å². The topological polar surface area (TPSA) is 45.7 Å². The van der Waals surface area contributed by atoms with Crippen molar-refractivity contribution in [1.82, 2.24) is 0 Å². The van der Waals surface area contributed by atoms with Gasteiger partial charge in [0.15, 0.2) is 6.54 Å². The predicted molar refractivity (Wildman–Crippen MR) is 94.2 cm³/mol. The number of halogens is 1. The molecular weight excluding hydrogens is 303 g/mol. The average Bonchev–Trinajstić information content (AvgIpc) is 2.59. The molecule has 0 unspecified atom stereocenters. The monoisotopic (exact) mass is 323 g/mol. The van der Waals surface area contributed by atoms with Gasteiger partial charge in [-0.25, -0.2) is 4.39 Å². The molecule has 0 fully saturated rings. The van der Waals surface area contributed by atoms with Crippen LogP contribution < -0.4 is 10.6 Å². The molecule has 0 radical (unpaired) electrons. The van der Waals surface area contributed by atoms with Crippen LogP contribution in [0, 0.1) is 5.82 Å². The smallest absolute Gasteiger partial charge is 0.279 e. The highest BCUT2D eigenvalue weighted by Gasteiger charge is 2.14. The SMILES string of the molecule is C[C@@H]([NH2+]CC(=O)Nc1cccc(F)c1)c1cccc2ccccc12. The number of carbonyl (C=O) groups is 1.